The second-order valence-corrected chi connectivity index (χ2v) is 5.44. The molecule has 2 rings (SSSR count). The zero-order chi connectivity index (χ0) is 13.7. The zero-order valence-electron chi connectivity index (χ0n) is 12.4. The fourth-order valence-corrected chi connectivity index (χ4v) is 2.88. The normalized spacial score (nSPS) is 19.7. The average molecular weight is 262 g/mol. The van der Waals surface area contributed by atoms with Gasteiger partial charge in [0.15, 0.2) is 0 Å². The minimum atomic E-state index is 0.633. The van der Waals surface area contributed by atoms with Gasteiger partial charge in [-0.15, -0.1) is 0 Å². The Hall–Kier alpha value is -1.16. The van der Waals surface area contributed by atoms with Crippen LogP contribution >= 0.6 is 0 Å². The Morgan fingerprint density at radius 1 is 1.42 bits per heavy atom. The molecule has 1 aromatic rings. The first-order valence-electron chi connectivity index (χ1n) is 7.50. The number of anilines is 1. The summed E-state index contributed by atoms with van der Waals surface area (Å²) in [5.74, 6) is 0.926. The molecule has 1 fully saturated rings. The minimum absolute atomic E-state index is 0.633. The van der Waals surface area contributed by atoms with E-state index in [9.17, 15) is 0 Å². The van der Waals surface area contributed by atoms with Gasteiger partial charge in [0, 0.05) is 36.6 Å². The lowest BCUT2D eigenvalue weighted by Crippen LogP contribution is -2.40. The lowest BCUT2D eigenvalue weighted by molar-refractivity contribution is 0.428. The van der Waals surface area contributed by atoms with Crippen molar-refractivity contribution in [2.24, 2.45) is 0 Å². The molecule has 0 aliphatic carbocycles. The molecule has 2 heterocycles. The lowest BCUT2D eigenvalue weighted by Gasteiger charge is -2.36. The van der Waals surface area contributed by atoms with Gasteiger partial charge in [-0.1, -0.05) is 13.3 Å². The topological polar surface area (TPSA) is 41.1 Å². The number of nitrogens with one attached hydrogen (secondary N) is 1. The third-order valence-corrected chi connectivity index (χ3v) is 3.94. The molecule has 1 aliphatic rings. The van der Waals surface area contributed by atoms with Crippen LogP contribution in [-0.4, -0.2) is 29.6 Å². The van der Waals surface area contributed by atoms with Gasteiger partial charge in [0.25, 0.3) is 0 Å². The summed E-state index contributed by atoms with van der Waals surface area (Å²) >= 11 is 0. The lowest BCUT2D eigenvalue weighted by atomic mass is 9.99. The first kappa shape index (κ1) is 14.3. The molecule has 1 saturated heterocycles. The predicted molar refractivity (Wildman–Crippen MR) is 79.4 cm³/mol. The molecule has 0 aromatic carbocycles. The van der Waals surface area contributed by atoms with Gasteiger partial charge in [-0.2, -0.15) is 0 Å². The van der Waals surface area contributed by atoms with E-state index in [1.165, 1.54) is 37.7 Å². The van der Waals surface area contributed by atoms with Crippen molar-refractivity contribution in [2.45, 2.75) is 58.5 Å². The first-order valence-corrected chi connectivity index (χ1v) is 7.50. The van der Waals surface area contributed by atoms with Crippen LogP contribution in [0.5, 0.6) is 0 Å². The number of aromatic nitrogens is 2. The molecule has 0 bridgehead atoms. The molecule has 19 heavy (non-hydrogen) atoms. The molecule has 106 valence electrons. The average Bonchev–Trinajstić information content (AvgIpc) is 2.42. The van der Waals surface area contributed by atoms with Gasteiger partial charge in [-0.3, -0.25) is 0 Å². The van der Waals surface area contributed by atoms with E-state index in [4.69, 9.17) is 4.98 Å². The van der Waals surface area contributed by atoms with Gasteiger partial charge >= 0.3 is 0 Å². The molecule has 0 radical (unpaired) electrons. The Bertz CT molecular complexity index is 403. The van der Waals surface area contributed by atoms with Crippen LogP contribution in [0.4, 0.5) is 5.95 Å². The van der Waals surface area contributed by atoms with E-state index in [-0.39, 0.29) is 0 Å². The minimum Gasteiger partial charge on any atom is -0.338 e. The quantitative estimate of drug-likeness (QED) is 0.885. The summed E-state index contributed by atoms with van der Waals surface area (Å²) in [7, 11) is 1.95. The maximum atomic E-state index is 4.72. The molecule has 1 aliphatic heterocycles. The molecule has 0 saturated carbocycles. The van der Waals surface area contributed by atoms with Crippen molar-refractivity contribution in [1.82, 2.24) is 15.3 Å². The van der Waals surface area contributed by atoms with Crippen LogP contribution in [0.1, 0.15) is 50.3 Å². The van der Waals surface area contributed by atoms with Crippen molar-refractivity contribution in [3.05, 3.63) is 17.5 Å². The first-order chi connectivity index (χ1) is 9.26. The Balaban J connectivity index is 2.17. The number of piperidine rings is 1. The van der Waals surface area contributed by atoms with Gasteiger partial charge in [0.2, 0.25) is 5.95 Å². The monoisotopic (exact) mass is 262 g/mol. The molecule has 4 heteroatoms. The van der Waals surface area contributed by atoms with Gasteiger partial charge in [0.1, 0.15) is 0 Å². The SMILES string of the molecule is CCCC1CCCCN1c1ncc(CNC)c(C)n1. The van der Waals surface area contributed by atoms with E-state index in [1.54, 1.807) is 0 Å². The van der Waals surface area contributed by atoms with Crippen molar-refractivity contribution < 1.29 is 0 Å². The fourth-order valence-electron chi connectivity index (χ4n) is 2.88. The second kappa shape index (κ2) is 6.85. The van der Waals surface area contributed by atoms with Crippen LogP contribution in [-0.2, 0) is 6.54 Å². The summed E-state index contributed by atoms with van der Waals surface area (Å²) in [4.78, 5) is 11.7. The van der Waals surface area contributed by atoms with Crippen molar-refractivity contribution in [1.29, 1.82) is 0 Å². The Morgan fingerprint density at radius 2 is 2.26 bits per heavy atom. The van der Waals surface area contributed by atoms with E-state index >= 15 is 0 Å². The molecule has 1 atom stereocenters. The summed E-state index contributed by atoms with van der Waals surface area (Å²) in [6.45, 7) is 6.28. The number of nitrogens with zero attached hydrogens (tertiary/aromatic N) is 3. The van der Waals surface area contributed by atoms with E-state index < -0.39 is 0 Å². The highest BCUT2D eigenvalue weighted by Gasteiger charge is 2.24. The largest absolute Gasteiger partial charge is 0.338 e. The van der Waals surface area contributed by atoms with Crippen LogP contribution in [0.2, 0.25) is 0 Å². The molecule has 0 spiro atoms. The van der Waals surface area contributed by atoms with Crippen LogP contribution in [0, 0.1) is 6.92 Å². The molecular weight excluding hydrogens is 236 g/mol. The Morgan fingerprint density at radius 3 is 2.95 bits per heavy atom. The third-order valence-electron chi connectivity index (χ3n) is 3.94. The van der Waals surface area contributed by atoms with E-state index in [1.807, 2.05) is 13.2 Å². The number of aryl methyl sites for hydroxylation is 1. The summed E-state index contributed by atoms with van der Waals surface area (Å²) in [6, 6.07) is 0.633. The summed E-state index contributed by atoms with van der Waals surface area (Å²) in [5, 5.41) is 3.16. The predicted octanol–water partition coefficient (Wildman–Crippen LogP) is 2.66. The zero-order valence-corrected chi connectivity index (χ0v) is 12.4. The van der Waals surface area contributed by atoms with Crippen LogP contribution in [0.3, 0.4) is 0 Å². The summed E-state index contributed by atoms with van der Waals surface area (Å²) in [5.41, 5.74) is 2.29. The van der Waals surface area contributed by atoms with Gasteiger partial charge in [-0.05, 0) is 39.7 Å². The molecule has 1 unspecified atom stereocenters. The number of hydrogen-bond acceptors (Lipinski definition) is 4. The number of hydrogen-bond donors (Lipinski definition) is 1. The Kier molecular flexibility index (Phi) is 5.14. The van der Waals surface area contributed by atoms with Crippen LogP contribution in [0.25, 0.3) is 0 Å². The van der Waals surface area contributed by atoms with Gasteiger partial charge in [-0.25, -0.2) is 9.97 Å². The van der Waals surface area contributed by atoms with Crippen molar-refractivity contribution in [2.75, 3.05) is 18.5 Å². The summed E-state index contributed by atoms with van der Waals surface area (Å²) in [6.07, 6.45) is 8.36. The summed E-state index contributed by atoms with van der Waals surface area (Å²) < 4.78 is 0. The van der Waals surface area contributed by atoms with E-state index in [0.29, 0.717) is 6.04 Å². The maximum Gasteiger partial charge on any atom is 0.225 e. The number of rotatable bonds is 5. The molecule has 1 aromatic heterocycles. The van der Waals surface area contributed by atoms with Crippen LogP contribution < -0.4 is 10.2 Å². The van der Waals surface area contributed by atoms with E-state index in [0.717, 1.165) is 24.7 Å². The smallest absolute Gasteiger partial charge is 0.225 e. The highest BCUT2D eigenvalue weighted by molar-refractivity contribution is 5.35. The Labute approximate surface area is 116 Å². The molecule has 0 amide bonds. The highest BCUT2D eigenvalue weighted by atomic mass is 15.3. The maximum absolute atomic E-state index is 4.72. The highest BCUT2D eigenvalue weighted by Crippen LogP contribution is 2.25. The van der Waals surface area contributed by atoms with E-state index in [2.05, 4.69) is 29.0 Å². The standard InChI is InChI=1S/C15H26N4/c1-4-7-14-8-5-6-9-19(14)15-17-11-13(10-16-3)12(2)18-15/h11,14,16H,4-10H2,1-3H3. The fraction of sp³-hybridized carbons (Fsp3) is 0.733. The molecular formula is C15H26N4. The molecule has 4 nitrogen and oxygen atoms in total. The van der Waals surface area contributed by atoms with Gasteiger partial charge in [0.05, 0.1) is 0 Å². The van der Waals surface area contributed by atoms with Crippen molar-refractivity contribution in [3.63, 3.8) is 0 Å². The van der Waals surface area contributed by atoms with Crippen molar-refractivity contribution in [3.8, 4) is 0 Å². The van der Waals surface area contributed by atoms with Gasteiger partial charge < -0.3 is 10.2 Å². The molecule has 1 N–H and O–H groups in total. The third kappa shape index (κ3) is 3.44. The van der Waals surface area contributed by atoms with Crippen molar-refractivity contribution >= 4 is 5.95 Å². The second-order valence-electron chi connectivity index (χ2n) is 5.44. The van der Waals surface area contributed by atoms with Crippen LogP contribution in [0.15, 0.2) is 6.20 Å².